The molecular formula is C18H32N4O3S. The molecular weight excluding hydrogens is 352 g/mol. The van der Waals surface area contributed by atoms with Gasteiger partial charge < -0.3 is 15.4 Å². The van der Waals surface area contributed by atoms with Gasteiger partial charge in [-0.05, 0) is 46.2 Å². The fourth-order valence-electron chi connectivity index (χ4n) is 2.36. The second kappa shape index (κ2) is 9.89. The van der Waals surface area contributed by atoms with E-state index in [4.69, 9.17) is 4.74 Å². The Kier molecular flexibility index (Phi) is 8.52. The van der Waals surface area contributed by atoms with Crippen LogP contribution in [-0.4, -0.2) is 46.2 Å². The van der Waals surface area contributed by atoms with Crippen molar-refractivity contribution in [1.29, 1.82) is 0 Å². The Morgan fingerprint density at radius 1 is 1.27 bits per heavy atom. The van der Waals surface area contributed by atoms with Crippen molar-refractivity contribution in [3.05, 3.63) is 29.8 Å². The highest BCUT2D eigenvalue weighted by Gasteiger charge is 2.24. The average Bonchev–Trinajstić information content (AvgIpc) is 2.51. The predicted octanol–water partition coefficient (Wildman–Crippen LogP) is 1.85. The summed E-state index contributed by atoms with van der Waals surface area (Å²) >= 11 is 0. The Morgan fingerprint density at radius 3 is 2.50 bits per heavy atom. The number of hydrogen-bond acceptors (Lipinski definition) is 4. The Morgan fingerprint density at radius 2 is 1.92 bits per heavy atom. The fraction of sp³-hybridized carbons (Fsp3) is 0.611. The lowest BCUT2D eigenvalue weighted by Crippen LogP contribution is -2.44. The van der Waals surface area contributed by atoms with E-state index in [1.54, 1.807) is 25.3 Å². The van der Waals surface area contributed by atoms with Crippen LogP contribution in [0.15, 0.2) is 34.2 Å². The van der Waals surface area contributed by atoms with Crippen LogP contribution in [0.5, 0.6) is 0 Å². The summed E-state index contributed by atoms with van der Waals surface area (Å²) in [5, 5.41) is 6.39. The maximum Gasteiger partial charge on any atom is 0.241 e. The van der Waals surface area contributed by atoms with Gasteiger partial charge in [0.2, 0.25) is 10.0 Å². The molecule has 0 bridgehead atoms. The second-order valence-corrected chi connectivity index (χ2v) is 8.81. The summed E-state index contributed by atoms with van der Waals surface area (Å²) in [7, 11) is -1.98. The lowest BCUT2D eigenvalue weighted by atomic mass is 10.1. The van der Waals surface area contributed by atoms with E-state index in [1.807, 2.05) is 40.7 Å². The molecule has 0 saturated carbocycles. The minimum Gasteiger partial charge on any atom is -0.383 e. The lowest BCUT2D eigenvalue weighted by molar-refractivity contribution is 0.179. The van der Waals surface area contributed by atoms with Crippen molar-refractivity contribution in [1.82, 2.24) is 15.4 Å². The highest BCUT2D eigenvalue weighted by molar-refractivity contribution is 7.89. The SMILES string of the molecule is CCNC(=NCc1ccccc1S(=O)(=O)NC(C)(C)C)NC(C)COC. The van der Waals surface area contributed by atoms with Crippen molar-refractivity contribution >= 4 is 16.0 Å². The van der Waals surface area contributed by atoms with E-state index in [9.17, 15) is 8.42 Å². The molecule has 0 fully saturated rings. The van der Waals surface area contributed by atoms with Gasteiger partial charge in [0.1, 0.15) is 0 Å². The number of methoxy groups -OCH3 is 1. The zero-order valence-corrected chi connectivity index (χ0v) is 17.4. The van der Waals surface area contributed by atoms with Crippen LogP contribution in [0, 0.1) is 0 Å². The van der Waals surface area contributed by atoms with Crippen LogP contribution in [-0.2, 0) is 21.3 Å². The maximum atomic E-state index is 12.7. The Bertz CT molecular complexity index is 697. The van der Waals surface area contributed by atoms with Gasteiger partial charge in [-0.3, -0.25) is 0 Å². The zero-order valence-electron chi connectivity index (χ0n) is 16.6. The summed E-state index contributed by atoms with van der Waals surface area (Å²) < 4.78 is 33.2. The average molecular weight is 385 g/mol. The lowest BCUT2D eigenvalue weighted by Gasteiger charge is -2.21. The molecule has 26 heavy (non-hydrogen) atoms. The summed E-state index contributed by atoms with van der Waals surface area (Å²) in [6.45, 7) is 10.9. The van der Waals surface area contributed by atoms with Crippen molar-refractivity contribution < 1.29 is 13.2 Å². The molecule has 3 N–H and O–H groups in total. The third-order valence-corrected chi connectivity index (χ3v) is 5.11. The normalized spacial score (nSPS) is 14.2. The van der Waals surface area contributed by atoms with E-state index in [1.165, 1.54) is 0 Å². The molecule has 1 unspecified atom stereocenters. The van der Waals surface area contributed by atoms with Crippen molar-refractivity contribution in [3.8, 4) is 0 Å². The van der Waals surface area contributed by atoms with E-state index in [-0.39, 0.29) is 17.5 Å². The van der Waals surface area contributed by atoms with Crippen molar-refractivity contribution in [2.24, 2.45) is 4.99 Å². The summed E-state index contributed by atoms with van der Waals surface area (Å²) in [6, 6.07) is 7.00. The van der Waals surface area contributed by atoms with Gasteiger partial charge >= 0.3 is 0 Å². The van der Waals surface area contributed by atoms with Crippen LogP contribution in [0.2, 0.25) is 0 Å². The molecule has 0 aliphatic rings. The molecule has 0 radical (unpaired) electrons. The number of nitrogens with one attached hydrogen (secondary N) is 3. The van der Waals surface area contributed by atoms with Crippen LogP contribution in [0.4, 0.5) is 0 Å². The van der Waals surface area contributed by atoms with E-state index >= 15 is 0 Å². The van der Waals surface area contributed by atoms with Gasteiger partial charge in [-0.25, -0.2) is 18.1 Å². The third-order valence-electron chi connectivity index (χ3n) is 3.25. The number of rotatable bonds is 8. The number of guanidine groups is 1. The molecule has 0 heterocycles. The molecule has 1 atom stereocenters. The molecule has 0 aliphatic heterocycles. The van der Waals surface area contributed by atoms with E-state index in [0.29, 0.717) is 24.7 Å². The standard InChI is InChI=1S/C18H32N4O3S/c1-7-19-17(21-14(2)13-25-6)20-12-15-10-8-9-11-16(15)26(23,24)22-18(3,4)5/h8-11,14,22H,7,12-13H2,1-6H3,(H2,19,20,21). The summed E-state index contributed by atoms with van der Waals surface area (Å²) in [6.07, 6.45) is 0. The first-order valence-electron chi connectivity index (χ1n) is 8.74. The van der Waals surface area contributed by atoms with Crippen LogP contribution in [0.3, 0.4) is 0 Å². The smallest absolute Gasteiger partial charge is 0.241 e. The maximum absolute atomic E-state index is 12.7. The Balaban J connectivity index is 3.05. The van der Waals surface area contributed by atoms with Gasteiger partial charge in [0.05, 0.1) is 18.0 Å². The minimum atomic E-state index is -3.62. The first kappa shape index (κ1) is 22.4. The first-order chi connectivity index (χ1) is 12.1. The molecule has 8 heteroatoms. The van der Waals surface area contributed by atoms with Crippen molar-refractivity contribution in [3.63, 3.8) is 0 Å². The van der Waals surface area contributed by atoms with E-state index < -0.39 is 15.6 Å². The number of hydrogen-bond donors (Lipinski definition) is 3. The van der Waals surface area contributed by atoms with Crippen molar-refractivity contribution in [2.45, 2.75) is 57.6 Å². The third kappa shape index (κ3) is 7.72. The molecule has 0 spiro atoms. The molecule has 1 rings (SSSR count). The van der Waals surface area contributed by atoms with Gasteiger partial charge in [-0.1, -0.05) is 18.2 Å². The number of aliphatic imine (C=N–C) groups is 1. The van der Waals surface area contributed by atoms with E-state index in [0.717, 1.165) is 0 Å². The number of nitrogens with zero attached hydrogens (tertiary/aromatic N) is 1. The van der Waals surface area contributed by atoms with Crippen LogP contribution in [0.1, 0.15) is 40.2 Å². The summed E-state index contributed by atoms with van der Waals surface area (Å²) in [5.74, 6) is 0.619. The summed E-state index contributed by atoms with van der Waals surface area (Å²) in [5.41, 5.74) is 0.0854. The van der Waals surface area contributed by atoms with Gasteiger partial charge in [0.15, 0.2) is 5.96 Å². The number of benzene rings is 1. The molecule has 7 nitrogen and oxygen atoms in total. The van der Waals surface area contributed by atoms with Crippen LogP contribution < -0.4 is 15.4 Å². The molecule has 0 amide bonds. The van der Waals surface area contributed by atoms with Crippen LogP contribution >= 0.6 is 0 Å². The monoisotopic (exact) mass is 384 g/mol. The predicted molar refractivity (Wildman–Crippen MR) is 106 cm³/mol. The molecule has 148 valence electrons. The molecule has 1 aromatic carbocycles. The van der Waals surface area contributed by atoms with Gasteiger partial charge in [-0.15, -0.1) is 0 Å². The van der Waals surface area contributed by atoms with Crippen molar-refractivity contribution in [2.75, 3.05) is 20.3 Å². The number of sulfonamides is 1. The molecule has 0 aromatic heterocycles. The highest BCUT2D eigenvalue weighted by atomic mass is 32.2. The highest BCUT2D eigenvalue weighted by Crippen LogP contribution is 2.18. The first-order valence-corrected chi connectivity index (χ1v) is 10.2. The topological polar surface area (TPSA) is 91.8 Å². The molecule has 0 aliphatic carbocycles. The minimum absolute atomic E-state index is 0.0827. The molecule has 0 saturated heterocycles. The fourth-order valence-corrected chi connectivity index (χ4v) is 4.02. The zero-order chi connectivity index (χ0) is 19.8. The Hall–Kier alpha value is -1.64. The van der Waals surface area contributed by atoms with Gasteiger partial charge in [0.25, 0.3) is 0 Å². The summed E-state index contributed by atoms with van der Waals surface area (Å²) in [4.78, 5) is 4.77. The number of ether oxygens (including phenoxy) is 1. The largest absolute Gasteiger partial charge is 0.383 e. The Labute approximate surface area is 157 Å². The molecule has 1 aromatic rings. The van der Waals surface area contributed by atoms with Gasteiger partial charge in [-0.2, -0.15) is 0 Å². The van der Waals surface area contributed by atoms with E-state index in [2.05, 4.69) is 20.3 Å². The second-order valence-electron chi connectivity index (χ2n) is 7.16. The van der Waals surface area contributed by atoms with Crippen LogP contribution in [0.25, 0.3) is 0 Å². The van der Waals surface area contributed by atoms with Gasteiger partial charge in [0, 0.05) is 25.2 Å². The quantitative estimate of drug-likeness (QED) is 0.470.